The Morgan fingerprint density at radius 1 is 1.40 bits per heavy atom. The second kappa shape index (κ2) is 5.83. The number of nitrogens with zero attached hydrogens (tertiary/aromatic N) is 1. The summed E-state index contributed by atoms with van der Waals surface area (Å²) in [4.78, 5) is 14.4. The van der Waals surface area contributed by atoms with E-state index in [0.29, 0.717) is 18.2 Å². The van der Waals surface area contributed by atoms with E-state index in [1.807, 2.05) is 11.0 Å². The molecule has 4 nitrogen and oxygen atoms in total. The molecule has 2 aliphatic rings. The Labute approximate surface area is 120 Å². The molecule has 1 aromatic rings. The number of benzene rings is 1. The zero-order valence-corrected chi connectivity index (χ0v) is 12.0. The minimum absolute atomic E-state index is 0.298. The molecule has 0 bridgehead atoms. The molecule has 1 aromatic carbocycles. The average Bonchev–Trinajstić information content (AvgIpc) is 2.90. The summed E-state index contributed by atoms with van der Waals surface area (Å²) in [6.45, 7) is 3.52. The number of aryl methyl sites for hydroxylation is 1. The van der Waals surface area contributed by atoms with Crippen LogP contribution in [0.5, 0.6) is 5.75 Å². The molecule has 20 heavy (non-hydrogen) atoms. The van der Waals surface area contributed by atoms with E-state index in [1.54, 1.807) is 7.11 Å². The first-order valence-electron chi connectivity index (χ1n) is 7.43. The number of hydrogen-bond donors (Lipinski definition) is 1. The Morgan fingerprint density at radius 2 is 2.20 bits per heavy atom. The van der Waals surface area contributed by atoms with E-state index in [0.717, 1.165) is 44.8 Å². The van der Waals surface area contributed by atoms with Crippen molar-refractivity contribution in [2.24, 2.45) is 0 Å². The van der Waals surface area contributed by atoms with Crippen LogP contribution in [0.25, 0.3) is 0 Å². The predicted molar refractivity (Wildman–Crippen MR) is 78.1 cm³/mol. The van der Waals surface area contributed by atoms with Crippen LogP contribution in [-0.2, 0) is 11.2 Å². The summed E-state index contributed by atoms with van der Waals surface area (Å²) in [5.74, 6) is 1.56. The van der Waals surface area contributed by atoms with Crippen molar-refractivity contribution in [1.82, 2.24) is 10.2 Å². The summed E-state index contributed by atoms with van der Waals surface area (Å²) in [7, 11) is 1.69. The first kappa shape index (κ1) is 13.4. The minimum atomic E-state index is 0.298. The fourth-order valence-electron chi connectivity index (χ4n) is 3.26. The van der Waals surface area contributed by atoms with Gasteiger partial charge in [0.1, 0.15) is 5.75 Å². The van der Waals surface area contributed by atoms with Crippen molar-refractivity contribution in [3.63, 3.8) is 0 Å². The maximum Gasteiger partial charge on any atom is 0.223 e. The van der Waals surface area contributed by atoms with E-state index >= 15 is 0 Å². The highest BCUT2D eigenvalue weighted by Gasteiger charge is 2.27. The highest BCUT2D eigenvalue weighted by atomic mass is 16.5. The number of ether oxygens (including phenoxy) is 1. The number of carbonyl (C=O) groups excluding carboxylic acids is 1. The molecule has 4 heteroatoms. The van der Waals surface area contributed by atoms with Crippen LogP contribution in [-0.4, -0.2) is 44.1 Å². The Kier molecular flexibility index (Phi) is 3.92. The first-order valence-corrected chi connectivity index (χ1v) is 7.43. The van der Waals surface area contributed by atoms with Crippen LogP contribution >= 0.6 is 0 Å². The Bertz CT molecular complexity index is 495. The SMILES string of the molecule is COc1ccc2c(c1)C(CC(=O)N1CCNCC1)CC2. The number of methoxy groups -OCH3 is 1. The van der Waals surface area contributed by atoms with Crippen LogP contribution in [0.1, 0.15) is 29.9 Å². The number of fused-ring (bicyclic) bond motifs is 1. The zero-order chi connectivity index (χ0) is 13.9. The third kappa shape index (κ3) is 2.66. The Balaban J connectivity index is 1.69. The molecule has 1 saturated heterocycles. The molecule has 1 amide bonds. The average molecular weight is 274 g/mol. The molecule has 1 fully saturated rings. The molecule has 3 rings (SSSR count). The summed E-state index contributed by atoms with van der Waals surface area (Å²) in [6.07, 6.45) is 2.80. The van der Waals surface area contributed by atoms with Crippen LogP contribution in [0.2, 0.25) is 0 Å². The van der Waals surface area contributed by atoms with Gasteiger partial charge in [0.25, 0.3) is 0 Å². The summed E-state index contributed by atoms with van der Waals surface area (Å²) in [6, 6.07) is 6.26. The van der Waals surface area contributed by atoms with Crippen molar-refractivity contribution in [2.75, 3.05) is 33.3 Å². The van der Waals surface area contributed by atoms with Gasteiger partial charge in [-0.1, -0.05) is 6.07 Å². The highest BCUT2D eigenvalue weighted by Crippen LogP contribution is 2.37. The highest BCUT2D eigenvalue weighted by molar-refractivity contribution is 5.77. The van der Waals surface area contributed by atoms with Gasteiger partial charge in [-0.3, -0.25) is 4.79 Å². The van der Waals surface area contributed by atoms with Gasteiger partial charge in [-0.05, 0) is 42.0 Å². The maximum atomic E-state index is 12.4. The van der Waals surface area contributed by atoms with Crippen molar-refractivity contribution in [2.45, 2.75) is 25.2 Å². The molecular formula is C16H22N2O2. The van der Waals surface area contributed by atoms with Gasteiger partial charge in [0, 0.05) is 32.6 Å². The number of amides is 1. The van der Waals surface area contributed by atoms with Gasteiger partial charge in [-0.2, -0.15) is 0 Å². The van der Waals surface area contributed by atoms with Crippen molar-refractivity contribution in [1.29, 1.82) is 0 Å². The van der Waals surface area contributed by atoms with Crippen LogP contribution in [0.4, 0.5) is 0 Å². The summed E-state index contributed by atoms with van der Waals surface area (Å²) in [5, 5.41) is 3.28. The van der Waals surface area contributed by atoms with Crippen LogP contribution in [0.15, 0.2) is 18.2 Å². The van der Waals surface area contributed by atoms with Gasteiger partial charge < -0.3 is 15.0 Å². The van der Waals surface area contributed by atoms with Crippen LogP contribution < -0.4 is 10.1 Å². The zero-order valence-electron chi connectivity index (χ0n) is 12.0. The summed E-state index contributed by atoms with van der Waals surface area (Å²) in [5.41, 5.74) is 2.69. The molecule has 1 heterocycles. The minimum Gasteiger partial charge on any atom is -0.497 e. The molecule has 1 atom stereocenters. The quantitative estimate of drug-likeness (QED) is 0.909. The molecule has 0 aromatic heterocycles. The monoisotopic (exact) mass is 274 g/mol. The van der Waals surface area contributed by atoms with E-state index in [-0.39, 0.29) is 0 Å². The van der Waals surface area contributed by atoms with E-state index < -0.39 is 0 Å². The second-order valence-electron chi connectivity index (χ2n) is 5.64. The molecular weight excluding hydrogens is 252 g/mol. The van der Waals surface area contributed by atoms with Crippen molar-refractivity contribution >= 4 is 5.91 Å². The van der Waals surface area contributed by atoms with E-state index in [2.05, 4.69) is 17.4 Å². The van der Waals surface area contributed by atoms with Crippen molar-refractivity contribution in [3.05, 3.63) is 29.3 Å². The number of hydrogen-bond acceptors (Lipinski definition) is 3. The fourth-order valence-corrected chi connectivity index (χ4v) is 3.26. The maximum absolute atomic E-state index is 12.4. The van der Waals surface area contributed by atoms with E-state index in [9.17, 15) is 4.79 Å². The number of carbonyl (C=O) groups is 1. The van der Waals surface area contributed by atoms with Gasteiger partial charge in [0.15, 0.2) is 0 Å². The fraction of sp³-hybridized carbons (Fsp3) is 0.562. The first-order chi connectivity index (χ1) is 9.78. The molecule has 108 valence electrons. The molecule has 0 spiro atoms. The number of nitrogens with one attached hydrogen (secondary N) is 1. The smallest absolute Gasteiger partial charge is 0.223 e. The van der Waals surface area contributed by atoms with Gasteiger partial charge in [0.2, 0.25) is 5.91 Å². The lowest BCUT2D eigenvalue weighted by Gasteiger charge is -2.28. The number of rotatable bonds is 3. The van der Waals surface area contributed by atoms with E-state index in [1.165, 1.54) is 11.1 Å². The van der Waals surface area contributed by atoms with Gasteiger partial charge >= 0.3 is 0 Å². The third-order valence-electron chi connectivity index (χ3n) is 4.45. The molecule has 1 unspecified atom stereocenters. The molecule has 1 aliphatic carbocycles. The van der Waals surface area contributed by atoms with Gasteiger partial charge in [-0.15, -0.1) is 0 Å². The van der Waals surface area contributed by atoms with Crippen LogP contribution in [0.3, 0.4) is 0 Å². The predicted octanol–water partition coefficient (Wildman–Crippen LogP) is 1.55. The van der Waals surface area contributed by atoms with Gasteiger partial charge in [-0.25, -0.2) is 0 Å². The normalized spacial score (nSPS) is 21.6. The standard InChI is InChI=1S/C16H22N2O2/c1-20-14-5-4-12-2-3-13(15(12)11-14)10-16(19)18-8-6-17-7-9-18/h4-5,11,13,17H,2-3,6-10H2,1H3. The largest absolute Gasteiger partial charge is 0.497 e. The summed E-state index contributed by atoms with van der Waals surface area (Å²) < 4.78 is 5.31. The third-order valence-corrected chi connectivity index (χ3v) is 4.45. The van der Waals surface area contributed by atoms with E-state index in [4.69, 9.17) is 4.74 Å². The lowest BCUT2D eigenvalue weighted by atomic mass is 9.97. The van der Waals surface area contributed by atoms with Crippen molar-refractivity contribution in [3.8, 4) is 5.75 Å². The van der Waals surface area contributed by atoms with Crippen molar-refractivity contribution < 1.29 is 9.53 Å². The van der Waals surface area contributed by atoms with Gasteiger partial charge in [0.05, 0.1) is 7.11 Å². The lowest BCUT2D eigenvalue weighted by Crippen LogP contribution is -2.46. The molecule has 1 N–H and O–H groups in total. The topological polar surface area (TPSA) is 41.6 Å². The lowest BCUT2D eigenvalue weighted by molar-refractivity contribution is -0.132. The molecule has 0 saturated carbocycles. The summed E-state index contributed by atoms with van der Waals surface area (Å²) >= 11 is 0. The molecule has 1 aliphatic heterocycles. The number of piperazine rings is 1. The van der Waals surface area contributed by atoms with Crippen LogP contribution in [0, 0.1) is 0 Å². The molecule has 0 radical (unpaired) electrons. The Hall–Kier alpha value is -1.55. The Morgan fingerprint density at radius 3 is 2.95 bits per heavy atom. The second-order valence-corrected chi connectivity index (χ2v) is 5.64.